The summed E-state index contributed by atoms with van der Waals surface area (Å²) in [6, 6.07) is 0. The fraction of sp³-hybridized carbons (Fsp3) is 0.925. The predicted octanol–water partition coefficient (Wildman–Crippen LogP) is 28.6. The lowest BCUT2D eigenvalue weighted by molar-refractivity contribution is -0.144. The largest absolute Gasteiger partial charge is 0.481 e. The van der Waals surface area contributed by atoms with E-state index in [4.69, 9.17) is 4.74 Å². The van der Waals surface area contributed by atoms with Crippen molar-refractivity contribution in [2.45, 2.75) is 452 Å². The number of rotatable bonds is 70. The summed E-state index contributed by atoms with van der Waals surface area (Å²) < 4.78 is 5.45. The minimum Gasteiger partial charge on any atom is -0.481 e. The van der Waals surface area contributed by atoms with Crippen LogP contribution in [-0.2, 0) is 14.3 Å². The molecule has 1 unspecified atom stereocenters. The van der Waals surface area contributed by atoms with Crippen molar-refractivity contribution in [3.8, 4) is 0 Å². The fourth-order valence-corrected chi connectivity index (χ4v) is 12.2. The van der Waals surface area contributed by atoms with Crippen LogP contribution in [0, 0.1) is 17.8 Å². The van der Waals surface area contributed by atoms with E-state index in [1.807, 2.05) is 0 Å². The van der Waals surface area contributed by atoms with Gasteiger partial charge < -0.3 is 9.84 Å². The highest BCUT2D eigenvalue weighted by Crippen LogP contribution is 2.22. The molecule has 0 aliphatic carbocycles. The zero-order chi connectivity index (χ0) is 61.4. The van der Waals surface area contributed by atoms with Gasteiger partial charge in [0.15, 0.2) is 0 Å². The van der Waals surface area contributed by atoms with Crippen molar-refractivity contribution in [3.05, 3.63) is 24.3 Å². The number of hydrogen-bond acceptors (Lipinski definition) is 3. The monoisotopic (exact) mass is 1180 g/mol. The first-order chi connectivity index (χ1) is 41.2. The minimum atomic E-state index is -0.559. The van der Waals surface area contributed by atoms with Crippen LogP contribution in [0.25, 0.3) is 0 Å². The molecule has 0 radical (unpaired) electrons. The summed E-state index contributed by atoms with van der Waals surface area (Å²) in [5.41, 5.74) is 0. The van der Waals surface area contributed by atoms with Crippen molar-refractivity contribution in [1.29, 1.82) is 0 Å². The zero-order valence-electron chi connectivity index (χ0n) is 58.7. The van der Waals surface area contributed by atoms with Crippen LogP contribution >= 0.6 is 0 Å². The van der Waals surface area contributed by atoms with Gasteiger partial charge >= 0.3 is 11.9 Å². The van der Waals surface area contributed by atoms with E-state index in [1.54, 1.807) is 0 Å². The lowest BCUT2D eigenvalue weighted by atomic mass is 9.94. The Hall–Kier alpha value is -1.58. The molecule has 1 N–H and O–H groups in total. The number of carbonyl (C=O) groups is 2. The summed E-state index contributed by atoms with van der Waals surface area (Å²) in [6.45, 7) is 14.5. The number of allylic oxidation sites excluding steroid dienone is 4. The third-order valence-corrected chi connectivity index (χ3v) is 18.1. The Labute approximate surface area is 529 Å². The Morgan fingerprint density at radius 2 is 0.500 bits per heavy atom. The molecule has 0 saturated heterocycles. The summed E-state index contributed by atoms with van der Waals surface area (Å²) in [6.07, 6.45) is 94.0. The van der Waals surface area contributed by atoms with Gasteiger partial charge in [-0.25, -0.2) is 0 Å². The first-order valence-electron chi connectivity index (χ1n) is 38.9. The molecule has 0 rings (SSSR count). The van der Waals surface area contributed by atoms with E-state index in [0.717, 1.165) is 50.4 Å². The van der Waals surface area contributed by atoms with Gasteiger partial charge in [-0.1, -0.05) is 393 Å². The van der Waals surface area contributed by atoms with Crippen LogP contribution in [-0.4, -0.2) is 23.7 Å². The number of aliphatic carboxylic acids is 1. The number of carbonyl (C=O) groups excluding carboxylic acids is 1. The second-order valence-corrected chi connectivity index (χ2v) is 27.8. The van der Waals surface area contributed by atoms with Crippen LogP contribution in [0.3, 0.4) is 0 Å². The summed E-state index contributed by atoms with van der Waals surface area (Å²) in [5, 5.41) is 9.64. The molecule has 1 atom stereocenters. The summed E-state index contributed by atoms with van der Waals surface area (Å²) in [7, 11) is 0. The first kappa shape index (κ1) is 84.5. The minimum absolute atomic E-state index is 0.0240. The Kier molecular flexibility index (Phi) is 76.1. The van der Waals surface area contributed by atoms with Gasteiger partial charge in [0, 0.05) is 6.42 Å². The summed E-state index contributed by atoms with van der Waals surface area (Å²) in [5.74, 6) is 1.10. The van der Waals surface area contributed by atoms with Gasteiger partial charge in [0.1, 0.15) is 0 Å². The lowest BCUT2D eigenvalue weighted by Gasteiger charge is -2.12. The number of carboxylic acids is 1. The first-order valence-corrected chi connectivity index (χ1v) is 38.9. The fourth-order valence-electron chi connectivity index (χ4n) is 12.2. The number of unbranched alkanes of at least 4 members (excludes halogenated alkanes) is 53. The topological polar surface area (TPSA) is 63.6 Å². The molecule has 0 heterocycles. The molecule has 0 fully saturated rings. The van der Waals surface area contributed by atoms with E-state index in [-0.39, 0.29) is 11.9 Å². The molecule has 500 valence electrons. The maximum atomic E-state index is 12.0. The van der Waals surface area contributed by atoms with Crippen LogP contribution in [0.15, 0.2) is 24.3 Å². The molecule has 0 amide bonds. The Morgan fingerprint density at radius 1 is 0.286 bits per heavy atom. The van der Waals surface area contributed by atoms with Crippen LogP contribution in [0.4, 0.5) is 0 Å². The quantitative estimate of drug-likeness (QED) is 0.0374. The summed E-state index contributed by atoms with van der Waals surface area (Å²) in [4.78, 5) is 23.7. The molecule has 0 aromatic heterocycles. The molecule has 0 saturated carbocycles. The second-order valence-electron chi connectivity index (χ2n) is 27.8. The molecule has 0 aromatic rings. The molecule has 0 bridgehead atoms. The van der Waals surface area contributed by atoms with Crippen LogP contribution in [0.5, 0.6) is 0 Å². The molecular formula is C80H156O4. The normalized spacial score (nSPS) is 12.1. The van der Waals surface area contributed by atoms with Crippen LogP contribution in [0.1, 0.15) is 452 Å². The van der Waals surface area contributed by atoms with Gasteiger partial charge in [0.25, 0.3) is 0 Å². The molecule has 0 spiro atoms. The molecular weight excluding hydrogens is 1020 g/mol. The van der Waals surface area contributed by atoms with E-state index in [1.165, 1.54) is 366 Å². The summed E-state index contributed by atoms with van der Waals surface area (Å²) >= 11 is 0. The van der Waals surface area contributed by atoms with Crippen LogP contribution in [0.2, 0.25) is 0 Å². The highest BCUT2D eigenvalue weighted by atomic mass is 16.5. The van der Waals surface area contributed by atoms with Gasteiger partial charge in [0.05, 0.1) is 12.5 Å². The van der Waals surface area contributed by atoms with Gasteiger partial charge in [0.2, 0.25) is 0 Å². The highest BCUT2D eigenvalue weighted by Gasteiger charge is 2.16. The number of ether oxygens (including phenoxy) is 1. The average molecular weight is 1180 g/mol. The van der Waals surface area contributed by atoms with Gasteiger partial charge in [-0.05, 0) is 88.9 Å². The van der Waals surface area contributed by atoms with Crippen molar-refractivity contribution in [2.24, 2.45) is 17.8 Å². The van der Waals surface area contributed by atoms with Crippen LogP contribution < -0.4 is 0 Å². The van der Waals surface area contributed by atoms with Crippen molar-refractivity contribution in [1.82, 2.24) is 0 Å². The Morgan fingerprint density at radius 3 is 0.750 bits per heavy atom. The van der Waals surface area contributed by atoms with Gasteiger partial charge in [-0.15, -0.1) is 0 Å². The van der Waals surface area contributed by atoms with E-state index in [9.17, 15) is 14.7 Å². The maximum Gasteiger partial charge on any atom is 0.306 e. The predicted molar refractivity (Wildman–Crippen MR) is 377 cm³/mol. The molecule has 4 nitrogen and oxygen atoms in total. The van der Waals surface area contributed by atoms with Crippen molar-refractivity contribution in [2.75, 3.05) is 6.61 Å². The van der Waals surface area contributed by atoms with E-state index in [0.29, 0.717) is 13.0 Å². The zero-order valence-corrected chi connectivity index (χ0v) is 58.7. The second kappa shape index (κ2) is 75.7. The number of esters is 1. The molecule has 0 aliphatic heterocycles. The number of hydrogen-bond donors (Lipinski definition) is 1. The highest BCUT2D eigenvalue weighted by molar-refractivity contribution is 5.70. The molecule has 4 heteroatoms. The van der Waals surface area contributed by atoms with Crippen molar-refractivity contribution in [3.63, 3.8) is 0 Å². The maximum absolute atomic E-state index is 12.0. The lowest BCUT2D eigenvalue weighted by Crippen LogP contribution is -2.13. The number of carboxylic acid groups (broad SMARTS) is 1. The van der Waals surface area contributed by atoms with Crippen molar-refractivity contribution >= 4 is 11.9 Å². The SMILES string of the molecule is CCCCCCCC/C=C\CCCCCCCCCCC(CCCCCCCCCCCCCCCC(C)C)C(=O)O.CCCCCCCC/C=C\CCCCCCCCCCCC(=O)OCCCCCCCCCCCCCCCC(C)C. The molecule has 84 heavy (non-hydrogen) atoms. The third kappa shape index (κ3) is 78.4. The van der Waals surface area contributed by atoms with E-state index in [2.05, 4.69) is 65.8 Å². The average Bonchev–Trinajstić information content (AvgIpc) is 3.50. The Bertz CT molecular complexity index is 1280. The molecule has 0 aliphatic rings. The Balaban J connectivity index is 0. The standard InChI is InChI=1S/2C40H78O2/c1-4-5-6-7-8-9-10-11-12-13-14-15-18-21-24-27-30-33-36-39(40(41)42)37-34-31-28-25-22-19-16-17-20-23-26-29-32-35-38(2)3;1-4-5-6-7-8-9-10-11-12-13-14-15-16-19-22-25-28-31-34-37-40(41)42-38-35-32-29-26-23-20-17-18-21-24-27-30-33-36-39(2)3/h11-12,38-39H,4-10,13-37H2,1-3H3,(H,41,42);11-12,39H,4-10,13-38H2,1-3H3/b2*12-11-. The third-order valence-electron chi connectivity index (χ3n) is 18.1. The smallest absolute Gasteiger partial charge is 0.306 e. The van der Waals surface area contributed by atoms with Gasteiger partial charge in [-0.3, -0.25) is 9.59 Å². The van der Waals surface area contributed by atoms with Gasteiger partial charge in [-0.2, -0.15) is 0 Å². The van der Waals surface area contributed by atoms with E-state index >= 15 is 0 Å². The van der Waals surface area contributed by atoms with E-state index < -0.39 is 5.97 Å². The molecule has 0 aromatic carbocycles. The van der Waals surface area contributed by atoms with Crippen molar-refractivity contribution < 1.29 is 19.4 Å².